The molecule has 1 aromatic heterocycles. The number of nitrogens with zero attached hydrogens (tertiary/aromatic N) is 1. The SMILES string of the molecule is CC(C)c1cccc2c(=O)c(C(=O)NC[C@H]3CCCN4CCCC[C@@H]34)c[nH]c12. The van der Waals surface area contributed by atoms with Gasteiger partial charge in [-0.3, -0.25) is 9.59 Å². The Balaban J connectivity index is 1.51. The first kappa shape index (κ1) is 19.2. The van der Waals surface area contributed by atoms with Crippen LogP contribution in [0.2, 0.25) is 0 Å². The van der Waals surface area contributed by atoms with E-state index in [1.807, 2.05) is 12.1 Å². The maximum atomic E-state index is 12.9. The van der Waals surface area contributed by atoms with E-state index in [2.05, 4.69) is 29.0 Å². The molecule has 2 fully saturated rings. The van der Waals surface area contributed by atoms with Gasteiger partial charge in [-0.1, -0.05) is 32.4 Å². The van der Waals surface area contributed by atoms with E-state index < -0.39 is 0 Å². The summed E-state index contributed by atoms with van der Waals surface area (Å²) >= 11 is 0. The van der Waals surface area contributed by atoms with Crippen LogP contribution in [0.3, 0.4) is 0 Å². The minimum atomic E-state index is -0.258. The van der Waals surface area contributed by atoms with Crippen LogP contribution in [-0.2, 0) is 0 Å². The smallest absolute Gasteiger partial charge is 0.256 e. The van der Waals surface area contributed by atoms with Crippen molar-refractivity contribution in [2.75, 3.05) is 19.6 Å². The van der Waals surface area contributed by atoms with Gasteiger partial charge in [0.2, 0.25) is 5.43 Å². The number of aromatic amines is 1. The third-order valence-electron chi connectivity index (χ3n) is 6.57. The van der Waals surface area contributed by atoms with Crippen molar-refractivity contribution in [3.05, 3.63) is 45.7 Å². The lowest BCUT2D eigenvalue weighted by molar-refractivity contribution is 0.0575. The average Bonchev–Trinajstić information content (AvgIpc) is 2.72. The molecule has 2 atom stereocenters. The molecule has 1 amide bonds. The van der Waals surface area contributed by atoms with Crippen LogP contribution < -0.4 is 10.7 Å². The number of hydrogen-bond donors (Lipinski definition) is 2. The lowest BCUT2D eigenvalue weighted by Crippen LogP contribution is -2.51. The number of fused-ring (bicyclic) bond motifs is 2. The lowest BCUT2D eigenvalue weighted by atomic mass is 9.83. The van der Waals surface area contributed by atoms with Crippen LogP contribution in [0, 0.1) is 5.92 Å². The van der Waals surface area contributed by atoms with Gasteiger partial charge in [-0.25, -0.2) is 0 Å². The number of pyridine rings is 1. The van der Waals surface area contributed by atoms with Crippen molar-refractivity contribution in [2.45, 2.75) is 57.9 Å². The molecule has 5 nitrogen and oxygen atoms in total. The molecular weight excluding hydrogens is 350 g/mol. The summed E-state index contributed by atoms with van der Waals surface area (Å²) in [5, 5.41) is 3.65. The summed E-state index contributed by atoms with van der Waals surface area (Å²) in [6, 6.07) is 6.32. The van der Waals surface area contributed by atoms with E-state index in [9.17, 15) is 9.59 Å². The minimum absolute atomic E-state index is 0.184. The van der Waals surface area contributed by atoms with E-state index in [1.54, 1.807) is 12.3 Å². The summed E-state index contributed by atoms with van der Waals surface area (Å²) in [6.45, 7) is 7.25. The van der Waals surface area contributed by atoms with Gasteiger partial charge in [-0.05, 0) is 62.2 Å². The fourth-order valence-electron chi connectivity index (χ4n) is 5.06. The minimum Gasteiger partial charge on any atom is -0.360 e. The van der Waals surface area contributed by atoms with Crippen LogP contribution in [-0.4, -0.2) is 41.5 Å². The average molecular weight is 382 g/mol. The second-order valence-corrected chi connectivity index (χ2v) is 8.67. The number of nitrogens with one attached hydrogen (secondary N) is 2. The predicted molar refractivity (Wildman–Crippen MR) is 113 cm³/mol. The van der Waals surface area contributed by atoms with Crippen molar-refractivity contribution in [1.82, 2.24) is 15.2 Å². The number of carbonyl (C=O) groups excluding carboxylic acids is 1. The Morgan fingerprint density at radius 2 is 2.04 bits per heavy atom. The molecule has 0 aliphatic carbocycles. The van der Waals surface area contributed by atoms with E-state index in [0.29, 0.717) is 29.8 Å². The molecule has 4 rings (SSSR count). The van der Waals surface area contributed by atoms with E-state index in [4.69, 9.17) is 0 Å². The molecule has 3 heterocycles. The van der Waals surface area contributed by atoms with E-state index in [-0.39, 0.29) is 16.9 Å². The molecule has 0 bridgehead atoms. The van der Waals surface area contributed by atoms with Crippen LogP contribution in [0.5, 0.6) is 0 Å². The Morgan fingerprint density at radius 3 is 2.86 bits per heavy atom. The normalized spacial score (nSPS) is 23.0. The molecule has 0 unspecified atom stereocenters. The summed E-state index contributed by atoms with van der Waals surface area (Å²) in [7, 11) is 0. The Kier molecular flexibility index (Phi) is 5.54. The van der Waals surface area contributed by atoms with Gasteiger partial charge in [0.05, 0.1) is 5.52 Å². The van der Waals surface area contributed by atoms with Crippen LogP contribution in [0.25, 0.3) is 10.9 Å². The van der Waals surface area contributed by atoms with Gasteiger partial charge in [0.1, 0.15) is 5.56 Å². The zero-order valence-corrected chi connectivity index (χ0v) is 17.0. The predicted octanol–water partition coefficient (Wildman–Crippen LogP) is 3.65. The lowest BCUT2D eigenvalue weighted by Gasteiger charge is -2.44. The standard InChI is InChI=1S/C23H31N3O2/c1-15(2)17-8-5-9-18-21(17)24-14-19(22(18)27)23(28)25-13-16-7-6-12-26-11-4-3-10-20(16)26/h5,8-9,14-16,20H,3-4,6-7,10-13H2,1-2H3,(H,24,27)(H,25,28)/t16-,20+/m1/s1. The number of carbonyl (C=O) groups is 1. The fraction of sp³-hybridized carbons (Fsp3) is 0.565. The number of H-pyrrole nitrogens is 1. The van der Waals surface area contributed by atoms with E-state index in [1.165, 1.54) is 38.8 Å². The third-order valence-corrected chi connectivity index (χ3v) is 6.57. The van der Waals surface area contributed by atoms with E-state index in [0.717, 1.165) is 17.5 Å². The van der Waals surface area contributed by atoms with E-state index >= 15 is 0 Å². The molecule has 0 radical (unpaired) electrons. The zero-order chi connectivity index (χ0) is 19.7. The molecule has 2 aromatic rings. The molecule has 1 aromatic carbocycles. The number of aromatic nitrogens is 1. The number of benzene rings is 1. The first-order chi connectivity index (χ1) is 13.6. The summed E-state index contributed by atoms with van der Waals surface area (Å²) < 4.78 is 0. The van der Waals surface area contributed by atoms with Crippen LogP contribution in [0.15, 0.2) is 29.2 Å². The second-order valence-electron chi connectivity index (χ2n) is 8.67. The van der Waals surface area contributed by atoms with Gasteiger partial charge in [0.25, 0.3) is 5.91 Å². The van der Waals surface area contributed by atoms with Crippen LogP contribution >= 0.6 is 0 Å². The second kappa shape index (κ2) is 8.08. The van der Waals surface area contributed by atoms with Crippen LogP contribution in [0.4, 0.5) is 0 Å². The molecule has 2 saturated heterocycles. The highest BCUT2D eigenvalue weighted by Crippen LogP contribution is 2.30. The maximum Gasteiger partial charge on any atom is 0.256 e. The molecular formula is C23H31N3O2. The number of rotatable bonds is 4. The first-order valence-electron chi connectivity index (χ1n) is 10.7. The molecule has 150 valence electrons. The van der Waals surface area contributed by atoms with Gasteiger partial charge in [-0.2, -0.15) is 0 Å². The van der Waals surface area contributed by atoms with Crippen LogP contribution in [0.1, 0.15) is 67.8 Å². The summed E-state index contributed by atoms with van der Waals surface area (Å²) in [4.78, 5) is 31.5. The van der Waals surface area contributed by atoms with Crippen molar-refractivity contribution in [1.29, 1.82) is 0 Å². The van der Waals surface area contributed by atoms with Crippen molar-refractivity contribution >= 4 is 16.8 Å². The summed E-state index contributed by atoms with van der Waals surface area (Å²) in [5.41, 5.74) is 1.96. The van der Waals surface area contributed by atoms with Gasteiger partial charge in [0, 0.05) is 24.2 Å². The van der Waals surface area contributed by atoms with Gasteiger partial charge < -0.3 is 15.2 Å². The quantitative estimate of drug-likeness (QED) is 0.850. The van der Waals surface area contributed by atoms with Gasteiger partial charge in [0.15, 0.2) is 0 Å². The highest BCUT2D eigenvalue weighted by molar-refractivity contribution is 5.97. The zero-order valence-electron chi connectivity index (χ0n) is 17.0. The Morgan fingerprint density at radius 1 is 1.21 bits per heavy atom. The Hall–Kier alpha value is -2.14. The van der Waals surface area contributed by atoms with Crippen molar-refractivity contribution in [3.8, 4) is 0 Å². The topological polar surface area (TPSA) is 65.2 Å². The highest BCUT2D eigenvalue weighted by atomic mass is 16.2. The molecule has 2 aliphatic rings. The Bertz CT molecular complexity index is 916. The Labute approximate surface area is 166 Å². The highest BCUT2D eigenvalue weighted by Gasteiger charge is 2.33. The number of para-hydroxylation sites is 1. The monoisotopic (exact) mass is 381 g/mol. The molecule has 0 spiro atoms. The largest absolute Gasteiger partial charge is 0.360 e. The number of amides is 1. The number of piperidine rings is 2. The van der Waals surface area contributed by atoms with Gasteiger partial charge >= 0.3 is 0 Å². The first-order valence-corrected chi connectivity index (χ1v) is 10.7. The molecule has 2 N–H and O–H groups in total. The maximum absolute atomic E-state index is 12.9. The molecule has 0 saturated carbocycles. The fourth-order valence-corrected chi connectivity index (χ4v) is 5.06. The molecule has 5 heteroatoms. The summed E-state index contributed by atoms with van der Waals surface area (Å²) in [5.74, 6) is 0.542. The van der Waals surface area contributed by atoms with Crippen molar-refractivity contribution < 1.29 is 4.79 Å². The number of hydrogen-bond acceptors (Lipinski definition) is 3. The van der Waals surface area contributed by atoms with Crippen molar-refractivity contribution in [3.63, 3.8) is 0 Å². The van der Waals surface area contributed by atoms with Crippen molar-refractivity contribution in [2.24, 2.45) is 5.92 Å². The molecule has 28 heavy (non-hydrogen) atoms. The van der Waals surface area contributed by atoms with Gasteiger partial charge in [-0.15, -0.1) is 0 Å². The molecule has 2 aliphatic heterocycles. The third kappa shape index (κ3) is 3.60. The summed E-state index contributed by atoms with van der Waals surface area (Å²) in [6.07, 6.45) is 7.75.